The molecule has 0 saturated carbocycles. The van der Waals surface area contributed by atoms with Crippen LogP contribution in [0.1, 0.15) is 17.7 Å². The van der Waals surface area contributed by atoms with Gasteiger partial charge in [0.2, 0.25) is 5.91 Å². The van der Waals surface area contributed by atoms with Gasteiger partial charge in [-0.2, -0.15) is 0 Å². The molecule has 1 atom stereocenters. The largest absolute Gasteiger partial charge is 0.311 e. The number of carbonyl (C=O) groups is 1. The summed E-state index contributed by atoms with van der Waals surface area (Å²) in [5.74, 6) is 0.628. The van der Waals surface area contributed by atoms with E-state index in [0.717, 1.165) is 28.8 Å². The quantitative estimate of drug-likeness (QED) is 0.781. The molecule has 0 N–H and O–H groups in total. The monoisotopic (exact) mass is 282 g/mol. The molecule has 1 aliphatic heterocycles. The Morgan fingerprint density at radius 3 is 2.88 bits per heavy atom. The molecule has 0 aromatic carbocycles. The summed E-state index contributed by atoms with van der Waals surface area (Å²) in [5.41, 5.74) is 3.08. The molecule has 1 aromatic rings. The lowest BCUT2D eigenvalue weighted by Gasteiger charge is -2.17. The predicted molar refractivity (Wildman–Crippen MR) is 68.0 cm³/mol. The van der Waals surface area contributed by atoms with Gasteiger partial charge >= 0.3 is 0 Å². The Morgan fingerprint density at radius 1 is 1.56 bits per heavy atom. The highest BCUT2D eigenvalue weighted by molar-refractivity contribution is 9.09. The maximum Gasteiger partial charge on any atom is 0.227 e. The van der Waals surface area contributed by atoms with Crippen molar-refractivity contribution < 1.29 is 4.79 Å². The number of hydrogen-bond donors (Lipinski definition) is 0. The zero-order valence-electron chi connectivity index (χ0n) is 9.53. The third kappa shape index (κ3) is 2.12. The van der Waals surface area contributed by atoms with E-state index >= 15 is 0 Å². The van der Waals surface area contributed by atoms with E-state index in [0.29, 0.717) is 12.3 Å². The second-order valence-electron chi connectivity index (χ2n) is 4.32. The van der Waals surface area contributed by atoms with Crippen molar-refractivity contribution in [3.8, 4) is 0 Å². The van der Waals surface area contributed by atoms with Crippen molar-refractivity contribution in [1.82, 2.24) is 4.98 Å². The highest BCUT2D eigenvalue weighted by Crippen LogP contribution is 2.26. The van der Waals surface area contributed by atoms with Crippen LogP contribution in [0.5, 0.6) is 0 Å². The maximum atomic E-state index is 11.8. The topological polar surface area (TPSA) is 33.2 Å². The van der Waals surface area contributed by atoms with Gasteiger partial charge in [0.15, 0.2) is 0 Å². The van der Waals surface area contributed by atoms with Gasteiger partial charge in [0.05, 0.1) is 11.9 Å². The van der Waals surface area contributed by atoms with Crippen LogP contribution in [0.15, 0.2) is 12.3 Å². The molecular weight excluding hydrogens is 268 g/mol. The fourth-order valence-corrected chi connectivity index (χ4v) is 2.34. The van der Waals surface area contributed by atoms with Crippen molar-refractivity contribution in [2.45, 2.75) is 20.3 Å². The predicted octanol–water partition coefficient (Wildman–Crippen LogP) is 2.45. The Balaban J connectivity index is 2.24. The van der Waals surface area contributed by atoms with Gasteiger partial charge in [-0.3, -0.25) is 9.78 Å². The summed E-state index contributed by atoms with van der Waals surface area (Å²) in [6.45, 7) is 4.80. The van der Waals surface area contributed by atoms with Crippen molar-refractivity contribution in [3.63, 3.8) is 0 Å². The summed E-state index contributed by atoms with van der Waals surface area (Å²) in [7, 11) is 0. The SMILES string of the molecule is Cc1cc(N2CC(CBr)CC2=O)cnc1C. The minimum atomic E-state index is 0.203. The molecule has 1 aliphatic rings. The van der Waals surface area contributed by atoms with E-state index in [2.05, 4.69) is 20.9 Å². The minimum Gasteiger partial charge on any atom is -0.311 e. The van der Waals surface area contributed by atoms with Crippen molar-refractivity contribution in [2.24, 2.45) is 5.92 Å². The average Bonchev–Trinajstić information content (AvgIpc) is 2.64. The van der Waals surface area contributed by atoms with Gasteiger partial charge in [0.25, 0.3) is 0 Å². The average molecular weight is 283 g/mol. The molecule has 0 radical (unpaired) electrons. The van der Waals surface area contributed by atoms with E-state index in [1.165, 1.54) is 0 Å². The summed E-state index contributed by atoms with van der Waals surface area (Å²) in [5, 5.41) is 0.882. The molecule has 1 amide bonds. The second-order valence-corrected chi connectivity index (χ2v) is 4.97. The molecule has 1 fully saturated rings. The lowest BCUT2D eigenvalue weighted by molar-refractivity contribution is -0.117. The van der Waals surface area contributed by atoms with Crippen LogP contribution in [0.25, 0.3) is 0 Å². The van der Waals surface area contributed by atoms with Crippen molar-refractivity contribution in [1.29, 1.82) is 0 Å². The Kier molecular flexibility index (Phi) is 3.28. The highest BCUT2D eigenvalue weighted by atomic mass is 79.9. The van der Waals surface area contributed by atoms with Gasteiger partial charge in [0.1, 0.15) is 0 Å². The normalized spacial score (nSPS) is 20.6. The summed E-state index contributed by atoms with van der Waals surface area (Å²) in [6, 6.07) is 2.04. The van der Waals surface area contributed by atoms with Gasteiger partial charge in [-0.05, 0) is 31.4 Å². The molecular formula is C12H15BrN2O. The van der Waals surface area contributed by atoms with Crippen molar-refractivity contribution in [3.05, 3.63) is 23.5 Å². The Morgan fingerprint density at radius 2 is 2.31 bits per heavy atom. The van der Waals surface area contributed by atoms with Crippen LogP contribution < -0.4 is 4.90 Å². The summed E-state index contributed by atoms with van der Waals surface area (Å²) < 4.78 is 0. The standard InChI is InChI=1S/C12H15BrN2O/c1-8-3-11(6-14-9(8)2)15-7-10(5-13)4-12(15)16/h3,6,10H,4-5,7H2,1-2H3. The fraction of sp³-hybridized carbons (Fsp3) is 0.500. The Hall–Kier alpha value is -0.900. The van der Waals surface area contributed by atoms with Crippen molar-refractivity contribution in [2.75, 3.05) is 16.8 Å². The molecule has 16 heavy (non-hydrogen) atoms. The number of halogens is 1. The van der Waals surface area contributed by atoms with Gasteiger partial charge in [-0.15, -0.1) is 0 Å². The van der Waals surface area contributed by atoms with E-state index in [1.54, 1.807) is 6.20 Å². The van der Waals surface area contributed by atoms with Crippen LogP contribution in [0.2, 0.25) is 0 Å². The molecule has 1 unspecified atom stereocenters. The summed E-state index contributed by atoms with van der Waals surface area (Å²) in [6.07, 6.45) is 2.43. The number of rotatable bonds is 2. The number of pyridine rings is 1. The molecule has 0 aliphatic carbocycles. The van der Waals surface area contributed by atoms with E-state index in [9.17, 15) is 4.79 Å². The van der Waals surface area contributed by atoms with Crippen LogP contribution in [0, 0.1) is 19.8 Å². The number of nitrogens with zero attached hydrogens (tertiary/aromatic N) is 2. The number of alkyl halides is 1. The first kappa shape index (κ1) is 11.6. The molecule has 4 heteroatoms. The summed E-state index contributed by atoms with van der Waals surface area (Å²) in [4.78, 5) is 18.0. The smallest absolute Gasteiger partial charge is 0.227 e. The second kappa shape index (κ2) is 4.53. The van der Waals surface area contributed by atoms with E-state index < -0.39 is 0 Å². The van der Waals surface area contributed by atoms with Crippen molar-refractivity contribution >= 4 is 27.5 Å². The molecule has 2 heterocycles. The lowest BCUT2D eigenvalue weighted by Crippen LogP contribution is -2.24. The molecule has 0 bridgehead atoms. The van der Waals surface area contributed by atoms with Gasteiger partial charge in [-0.25, -0.2) is 0 Å². The lowest BCUT2D eigenvalue weighted by atomic mass is 10.2. The molecule has 1 saturated heterocycles. The van der Waals surface area contributed by atoms with Gasteiger partial charge < -0.3 is 4.90 Å². The van der Waals surface area contributed by atoms with Gasteiger partial charge in [0, 0.05) is 24.0 Å². The maximum absolute atomic E-state index is 11.8. The number of aromatic nitrogens is 1. The number of hydrogen-bond acceptors (Lipinski definition) is 2. The highest BCUT2D eigenvalue weighted by Gasteiger charge is 2.29. The number of aryl methyl sites for hydroxylation is 2. The zero-order chi connectivity index (χ0) is 11.7. The van der Waals surface area contributed by atoms with E-state index in [4.69, 9.17) is 0 Å². The first-order valence-corrected chi connectivity index (χ1v) is 6.53. The fourth-order valence-electron chi connectivity index (χ4n) is 1.91. The zero-order valence-corrected chi connectivity index (χ0v) is 11.1. The van der Waals surface area contributed by atoms with Crippen LogP contribution in [0.3, 0.4) is 0 Å². The number of amides is 1. The molecule has 86 valence electrons. The number of anilines is 1. The summed E-state index contributed by atoms with van der Waals surface area (Å²) >= 11 is 3.44. The third-order valence-corrected chi connectivity index (χ3v) is 3.98. The molecule has 1 aromatic heterocycles. The first-order valence-electron chi connectivity index (χ1n) is 5.41. The van der Waals surface area contributed by atoms with E-state index in [-0.39, 0.29) is 5.91 Å². The molecule has 0 spiro atoms. The van der Waals surface area contributed by atoms with Gasteiger partial charge in [-0.1, -0.05) is 15.9 Å². The molecule has 2 rings (SSSR count). The molecule has 3 nitrogen and oxygen atoms in total. The number of carbonyl (C=O) groups excluding carboxylic acids is 1. The van der Waals surface area contributed by atoms with Crippen LogP contribution in [-0.2, 0) is 4.79 Å². The van der Waals surface area contributed by atoms with Crippen LogP contribution >= 0.6 is 15.9 Å². The minimum absolute atomic E-state index is 0.203. The van der Waals surface area contributed by atoms with E-state index in [1.807, 2.05) is 24.8 Å². The first-order chi connectivity index (χ1) is 7.61. The Labute approximate surface area is 104 Å². The van der Waals surface area contributed by atoms with Crippen LogP contribution in [-0.4, -0.2) is 22.8 Å². The Bertz CT molecular complexity index is 419. The van der Waals surface area contributed by atoms with Crippen LogP contribution in [0.4, 0.5) is 5.69 Å². The third-order valence-electron chi connectivity index (χ3n) is 3.06.